The SMILES string of the molecule is Cc1ccc(CNC(=O)c2cn3c(c(O)c2=O)C(=O)N(CC2CC2)[C@@H]2CCCCN23)c(F)c1. The lowest BCUT2D eigenvalue weighted by Crippen LogP contribution is -2.63. The molecule has 3 aliphatic rings. The second-order valence-electron chi connectivity index (χ2n) is 9.23. The topological polar surface area (TPSA) is 94.9 Å². The fraction of sp³-hybridized carbons (Fsp3) is 0.458. The number of benzene rings is 1. The Hall–Kier alpha value is -3.36. The molecule has 1 saturated heterocycles. The number of fused-ring (bicyclic) bond motifs is 3. The third-order valence-electron chi connectivity index (χ3n) is 6.75. The molecule has 1 aliphatic carbocycles. The number of amides is 2. The predicted octanol–water partition coefficient (Wildman–Crippen LogP) is 2.25. The molecule has 1 atom stereocenters. The van der Waals surface area contributed by atoms with Crippen LogP contribution in [-0.4, -0.2) is 45.8 Å². The molecule has 1 aromatic carbocycles. The Balaban J connectivity index is 1.47. The van der Waals surface area contributed by atoms with Crippen LogP contribution in [0.5, 0.6) is 5.75 Å². The summed E-state index contributed by atoms with van der Waals surface area (Å²) in [6.07, 6.45) is 6.00. The Morgan fingerprint density at radius 3 is 2.73 bits per heavy atom. The molecule has 0 bridgehead atoms. The molecule has 8 nitrogen and oxygen atoms in total. The molecule has 174 valence electrons. The highest BCUT2D eigenvalue weighted by molar-refractivity contribution is 5.99. The van der Waals surface area contributed by atoms with E-state index in [1.54, 1.807) is 24.0 Å². The molecule has 1 aromatic heterocycles. The van der Waals surface area contributed by atoms with Crippen molar-refractivity contribution in [1.29, 1.82) is 0 Å². The highest BCUT2D eigenvalue weighted by atomic mass is 19.1. The maximum atomic E-state index is 14.1. The normalized spacial score (nSPS) is 19.8. The maximum absolute atomic E-state index is 14.1. The molecule has 2 amide bonds. The van der Waals surface area contributed by atoms with Gasteiger partial charge in [0.15, 0.2) is 11.4 Å². The fourth-order valence-electron chi connectivity index (χ4n) is 4.74. The van der Waals surface area contributed by atoms with E-state index in [1.807, 2.05) is 5.01 Å². The zero-order valence-electron chi connectivity index (χ0n) is 18.5. The van der Waals surface area contributed by atoms with E-state index in [9.17, 15) is 23.9 Å². The summed E-state index contributed by atoms with van der Waals surface area (Å²) in [5, 5.41) is 15.2. The van der Waals surface area contributed by atoms with Crippen LogP contribution >= 0.6 is 0 Å². The monoisotopic (exact) mass is 454 g/mol. The first-order valence-corrected chi connectivity index (χ1v) is 11.4. The number of aromatic nitrogens is 1. The third kappa shape index (κ3) is 3.85. The summed E-state index contributed by atoms with van der Waals surface area (Å²) in [6, 6.07) is 4.68. The van der Waals surface area contributed by atoms with Gasteiger partial charge in [-0.05, 0) is 56.6 Å². The molecule has 2 N–H and O–H groups in total. The standard InChI is InChI=1S/C24H27FN4O4/c1-14-5-8-16(18(25)10-14)11-26-23(32)17-13-29-20(22(31)21(17)30)24(33)27(12-15-6-7-15)19-4-2-3-9-28(19)29/h5,8,10,13,15,19,31H,2-4,6-7,9,11-12H2,1H3,(H,26,32)/t19-/m0/s1. The van der Waals surface area contributed by atoms with Crippen molar-refractivity contribution in [2.24, 2.45) is 5.92 Å². The minimum absolute atomic E-state index is 0.0973. The number of aromatic hydroxyl groups is 1. The van der Waals surface area contributed by atoms with Gasteiger partial charge in [-0.25, -0.2) is 4.39 Å². The first-order valence-electron chi connectivity index (χ1n) is 11.4. The number of piperidine rings is 1. The van der Waals surface area contributed by atoms with Crippen molar-refractivity contribution < 1.29 is 19.1 Å². The van der Waals surface area contributed by atoms with Gasteiger partial charge < -0.3 is 15.3 Å². The van der Waals surface area contributed by atoms with Crippen LogP contribution in [0, 0.1) is 18.7 Å². The van der Waals surface area contributed by atoms with E-state index in [4.69, 9.17) is 0 Å². The molecule has 2 fully saturated rings. The van der Waals surface area contributed by atoms with Gasteiger partial charge in [0.1, 0.15) is 17.5 Å². The highest BCUT2D eigenvalue weighted by Gasteiger charge is 2.43. The number of hydrogen-bond acceptors (Lipinski definition) is 5. The molecule has 9 heteroatoms. The molecular formula is C24H27FN4O4. The van der Waals surface area contributed by atoms with E-state index < -0.39 is 22.9 Å². The van der Waals surface area contributed by atoms with E-state index >= 15 is 0 Å². The Bertz CT molecular complexity index is 1190. The Morgan fingerprint density at radius 2 is 2.00 bits per heavy atom. The van der Waals surface area contributed by atoms with E-state index in [2.05, 4.69) is 5.32 Å². The Labute approximate surface area is 190 Å². The third-order valence-corrected chi connectivity index (χ3v) is 6.75. The summed E-state index contributed by atoms with van der Waals surface area (Å²) in [7, 11) is 0. The van der Waals surface area contributed by atoms with Crippen LogP contribution in [0.4, 0.5) is 4.39 Å². The van der Waals surface area contributed by atoms with Crippen LogP contribution in [-0.2, 0) is 6.54 Å². The predicted molar refractivity (Wildman–Crippen MR) is 119 cm³/mol. The largest absolute Gasteiger partial charge is 0.502 e. The lowest BCUT2D eigenvalue weighted by molar-refractivity contribution is 0.0505. The van der Waals surface area contributed by atoms with Crippen molar-refractivity contribution in [2.75, 3.05) is 18.1 Å². The molecule has 0 radical (unpaired) electrons. The summed E-state index contributed by atoms with van der Waals surface area (Å²) in [5.74, 6) is -1.82. The van der Waals surface area contributed by atoms with Crippen molar-refractivity contribution in [2.45, 2.75) is 51.7 Å². The van der Waals surface area contributed by atoms with E-state index in [-0.39, 0.29) is 29.9 Å². The summed E-state index contributed by atoms with van der Waals surface area (Å²) in [4.78, 5) is 40.8. The quantitative estimate of drug-likeness (QED) is 0.723. The minimum Gasteiger partial charge on any atom is -0.502 e. The van der Waals surface area contributed by atoms with Crippen LogP contribution in [0.3, 0.4) is 0 Å². The zero-order valence-corrected chi connectivity index (χ0v) is 18.5. The second kappa shape index (κ2) is 8.20. The minimum atomic E-state index is -0.904. The lowest BCUT2D eigenvalue weighted by atomic mass is 10.0. The van der Waals surface area contributed by atoms with Crippen LogP contribution in [0.1, 0.15) is 64.1 Å². The Morgan fingerprint density at radius 1 is 1.21 bits per heavy atom. The second-order valence-corrected chi connectivity index (χ2v) is 9.23. The van der Waals surface area contributed by atoms with Gasteiger partial charge in [0.2, 0.25) is 5.43 Å². The number of nitrogens with one attached hydrogen (secondary N) is 1. The van der Waals surface area contributed by atoms with E-state index in [0.29, 0.717) is 24.6 Å². The zero-order chi connectivity index (χ0) is 23.3. The van der Waals surface area contributed by atoms with Gasteiger partial charge in [-0.1, -0.05) is 12.1 Å². The van der Waals surface area contributed by atoms with Gasteiger partial charge in [-0.3, -0.25) is 24.1 Å². The van der Waals surface area contributed by atoms with Crippen LogP contribution in [0.2, 0.25) is 0 Å². The molecule has 5 rings (SSSR count). The summed E-state index contributed by atoms with van der Waals surface area (Å²) in [6.45, 7) is 2.92. The molecular weight excluding hydrogens is 427 g/mol. The highest BCUT2D eigenvalue weighted by Crippen LogP contribution is 2.35. The van der Waals surface area contributed by atoms with Crippen molar-refractivity contribution in [1.82, 2.24) is 14.9 Å². The van der Waals surface area contributed by atoms with E-state index in [1.165, 1.54) is 16.9 Å². The average molecular weight is 455 g/mol. The number of halogens is 1. The van der Waals surface area contributed by atoms with Crippen LogP contribution in [0.15, 0.2) is 29.2 Å². The van der Waals surface area contributed by atoms with Gasteiger partial charge in [0.05, 0.1) is 0 Å². The molecule has 3 heterocycles. The number of aryl methyl sites for hydroxylation is 1. The summed E-state index contributed by atoms with van der Waals surface area (Å²) >= 11 is 0. The molecule has 0 unspecified atom stereocenters. The molecule has 0 spiro atoms. The van der Waals surface area contributed by atoms with Crippen molar-refractivity contribution >= 4 is 11.8 Å². The number of carbonyl (C=O) groups excluding carboxylic acids is 2. The molecule has 2 aromatic rings. The average Bonchev–Trinajstić information content (AvgIpc) is 3.62. The Kier molecular flexibility index (Phi) is 5.34. The number of pyridine rings is 1. The molecule has 33 heavy (non-hydrogen) atoms. The van der Waals surface area contributed by atoms with Gasteiger partial charge in [0.25, 0.3) is 11.8 Å². The van der Waals surface area contributed by atoms with Gasteiger partial charge in [0, 0.05) is 31.4 Å². The van der Waals surface area contributed by atoms with Crippen molar-refractivity contribution in [3.8, 4) is 5.75 Å². The summed E-state index contributed by atoms with van der Waals surface area (Å²) in [5.41, 5.74) is -0.232. The van der Waals surface area contributed by atoms with Gasteiger partial charge in [-0.2, -0.15) is 0 Å². The van der Waals surface area contributed by atoms with Gasteiger partial charge in [-0.15, -0.1) is 0 Å². The van der Waals surface area contributed by atoms with Crippen LogP contribution in [0.25, 0.3) is 0 Å². The molecule has 2 aliphatic heterocycles. The fourth-order valence-corrected chi connectivity index (χ4v) is 4.74. The van der Waals surface area contributed by atoms with Crippen LogP contribution < -0.4 is 15.8 Å². The number of carbonyl (C=O) groups is 2. The molecule has 1 saturated carbocycles. The number of rotatable bonds is 5. The van der Waals surface area contributed by atoms with Crippen molar-refractivity contribution in [3.05, 3.63) is 62.8 Å². The summed E-state index contributed by atoms with van der Waals surface area (Å²) < 4.78 is 15.6. The number of hydrogen-bond donors (Lipinski definition) is 2. The number of nitrogens with zero attached hydrogens (tertiary/aromatic N) is 3. The van der Waals surface area contributed by atoms with Gasteiger partial charge >= 0.3 is 0 Å². The first-order chi connectivity index (χ1) is 15.8. The first kappa shape index (κ1) is 21.5. The smallest absolute Gasteiger partial charge is 0.278 e. The maximum Gasteiger partial charge on any atom is 0.278 e. The van der Waals surface area contributed by atoms with Crippen molar-refractivity contribution in [3.63, 3.8) is 0 Å². The van der Waals surface area contributed by atoms with E-state index in [0.717, 1.165) is 37.7 Å². The lowest BCUT2D eigenvalue weighted by Gasteiger charge is -2.49.